The van der Waals surface area contributed by atoms with Crippen molar-refractivity contribution in [3.8, 4) is 0 Å². The third-order valence-corrected chi connectivity index (χ3v) is 4.31. The minimum Gasteiger partial charge on any atom is -0.347 e. The van der Waals surface area contributed by atoms with E-state index < -0.39 is 0 Å². The third-order valence-electron chi connectivity index (χ3n) is 4.31. The molecule has 116 valence electrons. The second kappa shape index (κ2) is 7.20. The summed E-state index contributed by atoms with van der Waals surface area (Å²) in [5.74, 6) is 0.325. The van der Waals surface area contributed by atoms with Crippen molar-refractivity contribution < 1.29 is 4.79 Å². The first-order chi connectivity index (χ1) is 10.8. The van der Waals surface area contributed by atoms with Gasteiger partial charge in [0.15, 0.2) is 0 Å². The summed E-state index contributed by atoms with van der Waals surface area (Å²) in [5.41, 5.74) is 1.09. The van der Waals surface area contributed by atoms with Crippen LogP contribution in [0.3, 0.4) is 0 Å². The summed E-state index contributed by atoms with van der Waals surface area (Å²) in [6, 6.07) is 9.94. The minimum atomic E-state index is -0.0944. The quantitative estimate of drug-likeness (QED) is 0.923. The molecule has 1 atom stereocenters. The molecule has 1 aliphatic carbocycles. The number of aromatic nitrogens is 3. The Bertz CT molecular complexity index is 576. The standard InChI is InChI=1S/C17H22N4O/c22-17(15-9-5-2-6-10-15)20-16(13-21-18-11-12-19-21)14-7-3-1-4-8-14/h1,3-4,7-8,11-12,15-16H,2,5-6,9-10,13H2,(H,20,22). The van der Waals surface area contributed by atoms with Crippen LogP contribution >= 0.6 is 0 Å². The van der Waals surface area contributed by atoms with E-state index in [2.05, 4.69) is 15.5 Å². The number of amides is 1. The molecule has 1 fully saturated rings. The van der Waals surface area contributed by atoms with Crippen LogP contribution in [-0.4, -0.2) is 20.9 Å². The van der Waals surface area contributed by atoms with Crippen LogP contribution in [0.2, 0.25) is 0 Å². The summed E-state index contributed by atoms with van der Waals surface area (Å²) < 4.78 is 0. The summed E-state index contributed by atoms with van der Waals surface area (Å²) in [6.45, 7) is 0.551. The molecule has 22 heavy (non-hydrogen) atoms. The van der Waals surface area contributed by atoms with Crippen LogP contribution in [0.4, 0.5) is 0 Å². The van der Waals surface area contributed by atoms with Crippen molar-refractivity contribution in [2.45, 2.75) is 44.7 Å². The molecule has 1 aromatic carbocycles. The lowest BCUT2D eigenvalue weighted by Gasteiger charge is -2.25. The molecule has 5 nitrogen and oxygen atoms in total. The van der Waals surface area contributed by atoms with Gasteiger partial charge in [0, 0.05) is 5.92 Å². The predicted molar refractivity (Wildman–Crippen MR) is 83.9 cm³/mol. The maximum Gasteiger partial charge on any atom is 0.223 e. The number of hydrogen-bond acceptors (Lipinski definition) is 3. The lowest BCUT2D eigenvalue weighted by molar-refractivity contribution is -0.126. The second-order valence-electron chi connectivity index (χ2n) is 5.89. The molecule has 1 aromatic heterocycles. The number of benzene rings is 1. The van der Waals surface area contributed by atoms with Crippen LogP contribution in [0, 0.1) is 5.92 Å². The van der Waals surface area contributed by atoms with Crippen LogP contribution in [0.15, 0.2) is 42.7 Å². The number of carbonyl (C=O) groups excluding carboxylic acids is 1. The SMILES string of the molecule is O=C(NC(Cn1nccn1)c1ccccc1)C1CCCCC1. The largest absolute Gasteiger partial charge is 0.347 e. The van der Waals surface area contributed by atoms with Gasteiger partial charge in [0.05, 0.1) is 25.0 Å². The van der Waals surface area contributed by atoms with Crippen LogP contribution in [-0.2, 0) is 11.3 Å². The molecule has 1 amide bonds. The second-order valence-corrected chi connectivity index (χ2v) is 5.89. The predicted octanol–water partition coefficient (Wildman–Crippen LogP) is 2.72. The molecule has 3 rings (SSSR count). The van der Waals surface area contributed by atoms with Gasteiger partial charge in [-0.05, 0) is 18.4 Å². The first-order valence-corrected chi connectivity index (χ1v) is 8.02. The number of carbonyl (C=O) groups is 1. The Balaban J connectivity index is 1.71. The maximum absolute atomic E-state index is 12.5. The third kappa shape index (κ3) is 3.72. The van der Waals surface area contributed by atoms with Gasteiger partial charge >= 0.3 is 0 Å². The van der Waals surface area contributed by atoms with E-state index in [0.717, 1.165) is 31.2 Å². The van der Waals surface area contributed by atoms with E-state index >= 15 is 0 Å². The Labute approximate surface area is 130 Å². The van der Waals surface area contributed by atoms with Gasteiger partial charge in [-0.25, -0.2) is 0 Å². The molecule has 0 saturated heterocycles. The van der Waals surface area contributed by atoms with Crippen LogP contribution in [0.25, 0.3) is 0 Å². The van der Waals surface area contributed by atoms with Gasteiger partial charge in [-0.3, -0.25) is 4.79 Å². The van der Waals surface area contributed by atoms with E-state index in [0.29, 0.717) is 6.54 Å². The Morgan fingerprint density at radius 3 is 2.50 bits per heavy atom. The highest BCUT2D eigenvalue weighted by Crippen LogP contribution is 2.25. The van der Waals surface area contributed by atoms with Gasteiger partial charge in [0.2, 0.25) is 5.91 Å². The zero-order chi connectivity index (χ0) is 15.2. The van der Waals surface area contributed by atoms with Crippen molar-refractivity contribution >= 4 is 5.91 Å². The fourth-order valence-corrected chi connectivity index (χ4v) is 3.08. The fourth-order valence-electron chi connectivity index (χ4n) is 3.08. The van der Waals surface area contributed by atoms with Gasteiger partial charge < -0.3 is 5.32 Å². The monoisotopic (exact) mass is 298 g/mol. The lowest BCUT2D eigenvalue weighted by atomic mass is 9.88. The Kier molecular flexibility index (Phi) is 4.83. The number of hydrogen-bond donors (Lipinski definition) is 1. The van der Waals surface area contributed by atoms with Crippen molar-refractivity contribution in [3.63, 3.8) is 0 Å². The molecule has 1 unspecified atom stereocenters. The van der Waals surface area contributed by atoms with E-state index in [4.69, 9.17) is 0 Å². The average Bonchev–Trinajstić information content (AvgIpc) is 3.09. The zero-order valence-corrected chi connectivity index (χ0v) is 12.7. The van der Waals surface area contributed by atoms with Crippen LogP contribution in [0.5, 0.6) is 0 Å². The molecular formula is C17H22N4O. The van der Waals surface area contributed by atoms with E-state index in [1.807, 2.05) is 30.3 Å². The molecule has 1 heterocycles. The first-order valence-electron chi connectivity index (χ1n) is 8.02. The topological polar surface area (TPSA) is 59.8 Å². The van der Waals surface area contributed by atoms with Crippen molar-refractivity contribution in [1.82, 2.24) is 20.3 Å². The molecular weight excluding hydrogens is 276 g/mol. The molecule has 2 aromatic rings. The Morgan fingerprint density at radius 1 is 1.14 bits per heavy atom. The smallest absolute Gasteiger partial charge is 0.223 e. The summed E-state index contributed by atoms with van der Waals surface area (Å²) in [7, 11) is 0. The minimum absolute atomic E-state index is 0.0944. The Morgan fingerprint density at radius 2 is 1.82 bits per heavy atom. The molecule has 0 bridgehead atoms. The molecule has 1 saturated carbocycles. The van der Waals surface area contributed by atoms with Gasteiger partial charge in [0.1, 0.15) is 0 Å². The maximum atomic E-state index is 12.5. The highest BCUT2D eigenvalue weighted by atomic mass is 16.1. The number of rotatable bonds is 5. The van der Waals surface area contributed by atoms with Gasteiger partial charge in [-0.1, -0.05) is 49.6 Å². The summed E-state index contributed by atoms with van der Waals surface area (Å²) >= 11 is 0. The van der Waals surface area contributed by atoms with Gasteiger partial charge in [0.25, 0.3) is 0 Å². The van der Waals surface area contributed by atoms with E-state index in [-0.39, 0.29) is 17.9 Å². The average molecular weight is 298 g/mol. The Hall–Kier alpha value is -2.17. The van der Waals surface area contributed by atoms with Crippen molar-refractivity contribution in [1.29, 1.82) is 0 Å². The van der Waals surface area contributed by atoms with Crippen molar-refractivity contribution in [2.75, 3.05) is 0 Å². The van der Waals surface area contributed by atoms with E-state index in [1.165, 1.54) is 6.42 Å². The molecule has 0 spiro atoms. The molecule has 5 heteroatoms. The van der Waals surface area contributed by atoms with Crippen LogP contribution in [0.1, 0.15) is 43.7 Å². The summed E-state index contributed by atoms with van der Waals surface area (Å²) in [4.78, 5) is 14.2. The van der Waals surface area contributed by atoms with Crippen molar-refractivity contribution in [3.05, 3.63) is 48.3 Å². The highest BCUT2D eigenvalue weighted by molar-refractivity contribution is 5.79. The number of nitrogens with zero attached hydrogens (tertiary/aromatic N) is 3. The van der Waals surface area contributed by atoms with Crippen LogP contribution < -0.4 is 5.32 Å². The lowest BCUT2D eigenvalue weighted by Crippen LogP contribution is -2.37. The molecule has 1 N–H and O–H groups in total. The van der Waals surface area contributed by atoms with Gasteiger partial charge in [-0.2, -0.15) is 15.0 Å². The zero-order valence-electron chi connectivity index (χ0n) is 12.7. The first kappa shape index (κ1) is 14.8. The summed E-state index contributed by atoms with van der Waals surface area (Å²) in [5, 5.41) is 11.5. The molecule has 0 aliphatic heterocycles. The highest BCUT2D eigenvalue weighted by Gasteiger charge is 2.24. The fraction of sp³-hybridized carbons (Fsp3) is 0.471. The normalized spacial score (nSPS) is 17.1. The number of nitrogens with one attached hydrogen (secondary N) is 1. The van der Waals surface area contributed by atoms with E-state index in [1.54, 1.807) is 17.2 Å². The molecule has 1 aliphatic rings. The van der Waals surface area contributed by atoms with E-state index in [9.17, 15) is 4.79 Å². The molecule has 0 radical (unpaired) electrons. The van der Waals surface area contributed by atoms with Crippen molar-refractivity contribution in [2.24, 2.45) is 5.92 Å². The summed E-state index contributed by atoms with van der Waals surface area (Å²) in [6.07, 6.45) is 8.91. The van der Waals surface area contributed by atoms with Gasteiger partial charge in [-0.15, -0.1) is 0 Å².